The van der Waals surface area contributed by atoms with Crippen LogP contribution in [-0.4, -0.2) is 35.6 Å². The summed E-state index contributed by atoms with van der Waals surface area (Å²) in [5.74, 6) is -0.0916. The van der Waals surface area contributed by atoms with Crippen molar-refractivity contribution in [1.29, 1.82) is 0 Å². The van der Waals surface area contributed by atoms with E-state index >= 15 is 0 Å². The van der Waals surface area contributed by atoms with Gasteiger partial charge in [-0.2, -0.15) is 4.68 Å². The topological polar surface area (TPSA) is 104 Å². The molecule has 0 atom stereocenters. The molecule has 9 nitrogen and oxygen atoms in total. The average Bonchev–Trinajstić information content (AvgIpc) is 3.15. The first-order valence-electron chi connectivity index (χ1n) is 9.51. The van der Waals surface area contributed by atoms with Gasteiger partial charge in [-0.3, -0.25) is 14.0 Å². The van der Waals surface area contributed by atoms with Crippen LogP contribution in [0.4, 0.5) is 0 Å². The molecule has 148 valence electrons. The molecule has 3 rings (SSSR count). The molecule has 3 heterocycles. The van der Waals surface area contributed by atoms with Crippen LogP contribution < -0.4 is 5.56 Å². The Morgan fingerprint density at radius 2 is 2.04 bits per heavy atom. The summed E-state index contributed by atoms with van der Waals surface area (Å²) in [6.07, 6.45) is 8.73. The van der Waals surface area contributed by atoms with E-state index in [1.165, 1.54) is 21.7 Å². The van der Waals surface area contributed by atoms with Gasteiger partial charge in [-0.15, -0.1) is 5.10 Å². The standard InChI is InChI=1S/C19H24N6O3/c1-3-4-5-6-7-10-16(26)28-13-25-18(21-22-23-25)15-12-20-17-14(2)9-8-11-24(17)19(15)27/h8-9,11-12H,3-7,10,13H2,1-2H3. The van der Waals surface area contributed by atoms with Gasteiger partial charge in [0.25, 0.3) is 5.56 Å². The summed E-state index contributed by atoms with van der Waals surface area (Å²) < 4.78 is 7.99. The maximum atomic E-state index is 12.8. The van der Waals surface area contributed by atoms with Crippen molar-refractivity contribution >= 4 is 11.6 Å². The molecule has 3 aromatic rings. The monoisotopic (exact) mass is 384 g/mol. The Morgan fingerprint density at radius 1 is 1.21 bits per heavy atom. The van der Waals surface area contributed by atoms with Crippen molar-refractivity contribution in [3.05, 3.63) is 40.4 Å². The minimum absolute atomic E-state index is 0.147. The number of hydrogen-bond acceptors (Lipinski definition) is 7. The SMILES string of the molecule is CCCCCCCC(=O)OCn1nnnc1-c1cnc2c(C)cccn2c1=O. The molecule has 0 aliphatic carbocycles. The molecule has 0 spiro atoms. The highest BCUT2D eigenvalue weighted by atomic mass is 16.5. The second kappa shape index (κ2) is 9.20. The Morgan fingerprint density at radius 3 is 2.86 bits per heavy atom. The van der Waals surface area contributed by atoms with Crippen molar-refractivity contribution < 1.29 is 9.53 Å². The Labute approximate surface area is 162 Å². The van der Waals surface area contributed by atoms with Crippen LogP contribution in [0.1, 0.15) is 51.0 Å². The van der Waals surface area contributed by atoms with Crippen molar-refractivity contribution in [2.45, 2.75) is 59.1 Å². The summed E-state index contributed by atoms with van der Waals surface area (Å²) in [4.78, 5) is 29.1. The third-order valence-corrected chi connectivity index (χ3v) is 4.53. The summed E-state index contributed by atoms with van der Waals surface area (Å²) in [6, 6.07) is 3.66. The normalized spacial score (nSPS) is 11.1. The van der Waals surface area contributed by atoms with E-state index in [0.717, 1.165) is 31.2 Å². The second-order valence-corrected chi connectivity index (χ2v) is 6.67. The van der Waals surface area contributed by atoms with Gasteiger partial charge in [-0.05, 0) is 35.4 Å². The predicted molar refractivity (Wildman–Crippen MR) is 102 cm³/mol. The smallest absolute Gasteiger partial charge is 0.307 e. The predicted octanol–water partition coefficient (Wildman–Crippen LogP) is 2.52. The fraction of sp³-hybridized carbons (Fsp3) is 0.474. The molecule has 3 aromatic heterocycles. The number of tetrazole rings is 1. The van der Waals surface area contributed by atoms with Crippen molar-refractivity contribution in [1.82, 2.24) is 29.6 Å². The summed E-state index contributed by atoms with van der Waals surface area (Å²) in [5.41, 5.74) is 1.42. The fourth-order valence-electron chi connectivity index (χ4n) is 2.96. The molecule has 9 heteroatoms. The molecule has 0 aromatic carbocycles. The van der Waals surface area contributed by atoms with Crippen molar-refractivity contribution in [2.75, 3.05) is 0 Å². The van der Waals surface area contributed by atoms with Gasteiger partial charge >= 0.3 is 5.97 Å². The van der Waals surface area contributed by atoms with E-state index in [4.69, 9.17) is 4.74 Å². The average molecular weight is 384 g/mol. The van der Waals surface area contributed by atoms with Crippen LogP contribution in [0.2, 0.25) is 0 Å². The number of nitrogens with zero attached hydrogens (tertiary/aromatic N) is 6. The number of esters is 1. The van der Waals surface area contributed by atoms with Gasteiger partial charge in [0.1, 0.15) is 11.2 Å². The molecule has 0 saturated heterocycles. The molecule has 28 heavy (non-hydrogen) atoms. The minimum Gasteiger partial charge on any atom is -0.442 e. The maximum absolute atomic E-state index is 12.8. The van der Waals surface area contributed by atoms with E-state index in [9.17, 15) is 9.59 Å². The number of rotatable bonds is 9. The fourth-order valence-corrected chi connectivity index (χ4v) is 2.96. The number of carbonyl (C=O) groups is 1. The van der Waals surface area contributed by atoms with Crippen LogP contribution in [0.25, 0.3) is 17.0 Å². The zero-order valence-electron chi connectivity index (χ0n) is 16.2. The van der Waals surface area contributed by atoms with Gasteiger partial charge in [0.05, 0.1) is 0 Å². The Balaban J connectivity index is 1.69. The summed E-state index contributed by atoms with van der Waals surface area (Å²) in [5, 5.41) is 11.3. The highest BCUT2D eigenvalue weighted by Crippen LogP contribution is 2.13. The van der Waals surface area contributed by atoms with E-state index in [-0.39, 0.29) is 29.6 Å². The van der Waals surface area contributed by atoms with Crippen molar-refractivity contribution in [3.8, 4) is 11.4 Å². The third-order valence-electron chi connectivity index (χ3n) is 4.53. The first-order chi connectivity index (χ1) is 13.6. The molecule has 0 fully saturated rings. The van der Waals surface area contributed by atoms with E-state index in [1.54, 1.807) is 12.3 Å². The molecule has 0 N–H and O–H groups in total. The Kier molecular flexibility index (Phi) is 6.46. The van der Waals surface area contributed by atoms with Crippen LogP contribution in [0, 0.1) is 6.92 Å². The quantitative estimate of drug-likeness (QED) is 0.412. The van der Waals surface area contributed by atoms with Crippen molar-refractivity contribution in [3.63, 3.8) is 0 Å². The molecule has 0 radical (unpaired) electrons. The number of aryl methyl sites for hydroxylation is 1. The van der Waals surface area contributed by atoms with Crippen LogP contribution in [0.3, 0.4) is 0 Å². The van der Waals surface area contributed by atoms with E-state index in [2.05, 4.69) is 27.4 Å². The number of fused-ring (bicyclic) bond motifs is 1. The van der Waals surface area contributed by atoms with Gasteiger partial charge in [0, 0.05) is 18.8 Å². The summed E-state index contributed by atoms with van der Waals surface area (Å²) in [7, 11) is 0. The maximum Gasteiger partial charge on any atom is 0.307 e. The van der Waals surface area contributed by atoms with E-state index in [0.29, 0.717) is 12.1 Å². The van der Waals surface area contributed by atoms with Gasteiger partial charge < -0.3 is 4.74 Å². The lowest BCUT2D eigenvalue weighted by Crippen LogP contribution is -2.20. The zero-order valence-corrected chi connectivity index (χ0v) is 16.2. The lowest BCUT2D eigenvalue weighted by atomic mass is 10.1. The Hall–Kier alpha value is -3.10. The highest BCUT2D eigenvalue weighted by molar-refractivity contribution is 5.69. The third kappa shape index (κ3) is 4.41. The van der Waals surface area contributed by atoms with E-state index < -0.39 is 0 Å². The van der Waals surface area contributed by atoms with Crippen LogP contribution >= 0.6 is 0 Å². The number of unbranched alkanes of at least 4 members (excludes halogenated alkanes) is 4. The zero-order chi connectivity index (χ0) is 19.9. The molecule has 0 bridgehead atoms. The minimum atomic E-state index is -0.304. The highest BCUT2D eigenvalue weighted by Gasteiger charge is 2.16. The molecular weight excluding hydrogens is 360 g/mol. The van der Waals surface area contributed by atoms with Gasteiger partial charge in [0.15, 0.2) is 12.6 Å². The molecule has 0 saturated carbocycles. The number of pyridine rings is 1. The van der Waals surface area contributed by atoms with Gasteiger partial charge in [0.2, 0.25) is 0 Å². The molecule has 0 aliphatic rings. The summed E-state index contributed by atoms with van der Waals surface area (Å²) in [6.45, 7) is 3.88. The first kappa shape index (κ1) is 19.7. The second-order valence-electron chi connectivity index (χ2n) is 6.67. The lowest BCUT2D eigenvalue weighted by Gasteiger charge is -2.08. The van der Waals surface area contributed by atoms with Crippen LogP contribution in [0.5, 0.6) is 0 Å². The lowest BCUT2D eigenvalue weighted by molar-refractivity contribution is -0.148. The largest absolute Gasteiger partial charge is 0.442 e. The molecule has 0 aliphatic heterocycles. The van der Waals surface area contributed by atoms with Crippen LogP contribution in [0.15, 0.2) is 29.3 Å². The number of carbonyl (C=O) groups excluding carboxylic acids is 1. The van der Waals surface area contributed by atoms with Gasteiger partial charge in [-0.1, -0.05) is 38.7 Å². The van der Waals surface area contributed by atoms with E-state index in [1.807, 2.05) is 13.0 Å². The summed E-state index contributed by atoms with van der Waals surface area (Å²) >= 11 is 0. The van der Waals surface area contributed by atoms with Crippen molar-refractivity contribution in [2.24, 2.45) is 0 Å². The van der Waals surface area contributed by atoms with Gasteiger partial charge in [-0.25, -0.2) is 4.98 Å². The Bertz CT molecular complexity index is 1010. The number of ether oxygens (including phenoxy) is 1. The number of aromatic nitrogens is 6. The number of hydrogen-bond donors (Lipinski definition) is 0. The first-order valence-corrected chi connectivity index (χ1v) is 9.51. The molecule has 0 amide bonds. The molecular formula is C19H24N6O3. The van der Waals surface area contributed by atoms with Crippen LogP contribution in [-0.2, 0) is 16.3 Å². The molecule has 0 unspecified atom stereocenters.